The van der Waals surface area contributed by atoms with Gasteiger partial charge in [-0.15, -0.1) is 0 Å². The number of hydrogen-bond donors (Lipinski definition) is 1. The van der Waals surface area contributed by atoms with Gasteiger partial charge in [-0.3, -0.25) is 4.79 Å². The molecule has 0 rings (SSSR count). The number of carbonyl (C=O) groups is 1. The van der Waals surface area contributed by atoms with Crippen LogP contribution in [0.4, 0.5) is 0 Å². The minimum Gasteiger partial charge on any atom is -0.353 e. The average Bonchev–Trinajstić information content (AvgIpc) is 2.13. The van der Waals surface area contributed by atoms with Gasteiger partial charge in [0, 0.05) is 12.5 Å². The highest BCUT2D eigenvalue weighted by Crippen LogP contribution is 2.03. The molecule has 1 unspecified atom stereocenters. The Bertz CT molecular complexity index is 145. The molecule has 14 heavy (non-hydrogen) atoms. The summed E-state index contributed by atoms with van der Waals surface area (Å²) >= 11 is 0. The molecule has 0 aromatic heterocycles. The Balaban J connectivity index is 3.35. The van der Waals surface area contributed by atoms with Gasteiger partial charge in [0.1, 0.15) is 0 Å². The van der Waals surface area contributed by atoms with Crippen molar-refractivity contribution in [2.45, 2.75) is 57.9 Å². The first-order chi connectivity index (χ1) is 6.70. The van der Waals surface area contributed by atoms with Crippen molar-refractivity contribution in [1.82, 2.24) is 5.32 Å². The Morgan fingerprint density at radius 3 is 2.64 bits per heavy atom. The Kier molecular flexibility index (Phi) is 8.70. The summed E-state index contributed by atoms with van der Waals surface area (Å²) in [6.07, 6.45) is 6.91. The molecule has 0 aliphatic heterocycles. The molecule has 0 aliphatic rings. The van der Waals surface area contributed by atoms with Crippen molar-refractivity contribution in [3.63, 3.8) is 0 Å². The van der Waals surface area contributed by atoms with Gasteiger partial charge in [-0.2, -0.15) is 0 Å². The summed E-state index contributed by atoms with van der Waals surface area (Å²) in [4.78, 5) is 11.3. The molecule has 1 atom stereocenters. The van der Waals surface area contributed by atoms with Gasteiger partial charge < -0.3 is 5.32 Å². The molecular formula is C12H23NO. The summed E-state index contributed by atoms with van der Waals surface area (Å²) in [6, 6.07) is 0.0335. The van der Waals surface area contributed by atoms with E-state index in [1.807, 2.05) is 0 Å². The van der Waals surface area contributed by atoms with E-state index in [1.165, 1.54) is 12.8 Å². The van der Waals surface area contributed by atoms with Gasteiger partial charge >= 0.3 is 0 Å². The van der Waals surface area contributed by atoms with Crippen LogP contribution in [0.3, 0.4) is 0 Å². The molecule has 0 aromatic carbocycles. The van der Waals surface area contributed by atoms with Crippen LogP contribution in [-0.2, 0) is 4.79 Å². The van der Waals surface area contributed by atoms with Gasteiger partial charge in [0.2, 0.25) is 5.91 Å². The minimum atomic E-state index is 0.0335. The summed E-state index contributed by atoms with van der Waals surface area (Å²) in [6.45, 7) is 9.74. The van der Waals surface area contributed by atoms with E-state index in [0.29, 0.717) is 6.42 Å². The predicted octanol–water partition coefficient (Wildman–Crippen LogP) is 2.89. The molecule has 2 heteroatoms. The summed E-state index contributed by atoms with van der Waals surface area (Å²) in [7, 11) is 0. The van der Waals surface area contributed by atoms with Gasteiger partial charge in [0.25, 0.3) is 0 Å². The molecule has 1 N–H and O–H groups in total. The molecular weight excluding hydrogens is 174 g/mol. The third kappa shape index (κ3) is 8.09. The van der Waals surface area contributed by atoms with E-state index in [1.54, 1.807) is 0 Å². The molecule has 1 amide bonds. The van der Waals surface area contributed by atoms with E-state index in [-0.39, 0.29) is 11.9 Å². The van der Waals surface area contributed by atoms with Gasteiger partial charge in [-0.1, -0.05) is 39.5 Å². The fourth-order valence-corrected chi connectivity index (χ4v) is 1.33. The second kappa shape index (κ2) is 9.04. The van der Waals surface area contributed by atoms with Gasteiger partial charge in [0.05, 0.1) is 0 Å². The monoisotopic (exact) mass is 197 g/mol. The highest BCUT2D eigenvalue weighted by atomic mass is 16.1. The van der Waals surface area contributed by atoms with Crippen LogP contribution >= 0.6 is 0 Å². The molecule has 82 valence electrons. The SMILES string of the molecule is [CH2]CCC([CH2])NC(=O)CCCCCC. The number of hydrogen-bond acceptors (Lipinski definition) is 1. The zero-order chi connectivity index (χ0) is 10.8. The maximum Gasteiger partial charge on any atom is 0.220 e. The molecule has 0 aromatic rings. The van der Waals surface area contributed by atoms with Crippen LogP contribution in [0.2, 0.25) is 0 Å². The summed E-state index contributed by atoms with van der Waals surface area (Å²) < 4.78 is 0. The quantitative estimate of drug-likeness (QED) is 0.596. The van der Waals surface area contributed by atoms with Gasteiger partial charge in [0.15, 0.2) is 0 Å². The first-order valence-corrected chi connectivity index (χ1v) is 5.62. The van der Waals surface area contributed by atoms with E-state index < -0.39 is 0 Å². The second-order valence-electron chi connectivity index (χ2n) is 3.72. The zero-order valence-electron chi connectivity index (χ0n) is 9.35. The summed E-state index contributed by atoms with van der Waals surface area (Å²) in [5.74, 6) is 0.134. The lowest BCUT2D eigenvalue weighted by Gasteiger charge is -2.12. The van der Waals surface area contributed by atoms with Crippen LogP contribution in [0.25, 0.3) is 0 Å². The van der Waals surface area contributed by atoms with Crippen LogP contribution in [0.15, 0.2) is 0 Å². The number of unbranched alkanes of at least 4 members (excludes halogenated alkanes) is 3. The van der Waals surface area contributed by atoms with Crippen LogP contribution in [-0.4, -0.2) is 11.9 Å². The van der Waals surface area contributed by atoms with E-state index in [4.69, 9.17) is 0 Å². The van der Waals surface area contributed by atoms with Crippen LogP contribution in [0.1, 0.15) is 51.9 Å². The van der Waals surface area contributed by atoms with Gasteiger partial charge in [-0.05, 0) is 19.8 Å². The lowest BCUT2D eigenvalue weighted by molar-refractivity contribution is -0.121. The number of rotatable bonds is 8. The van der Waals surface area contributed by atoms with Crippen molar-refractivity contribution in [3.05, 3.63) is 13.8 Å². The van der Waals surface area contributed by atoms with Crippen LogP contribution in [0.5, 0.6) is 0 Å². The van der Waals surface area contributed by atoms with Crippen molar-refractivity contribution in [1.29, 1.82) is 0 Å². The molecule has 0 saturated carbocycles. The maximum atomic E-state index is 11.3. The number of amides is 1. The molecule has 0 heterocycles. The molecule has 0 aliphatic carbocycles. The lowest BCUT2D eigenvalue weighted by Crippen LogP contribution is -2.32. The Hall–Kier alpha value is -0.530. The largest absolute Gasteiger partial charge is 0.353 e. The summed E-state index contributed by atoms with van der Waals surface area (Å²) in [5, 5.41) is 2.87. The van der Waals surface area contributed by atoms with Crippen molar-refractivity contribution in [2.24, 2.45) is 0 Å². The van der Waals surface area contributed by atoms with Crippen LogP contribution in [0, 0.1) is 13.8 Å². The first kappa shape index (κ1) is 13.5. The zero-order valence-corrected chi connectivity index (χ0v) is 9.35. The minimum absolute atomic E-state index is 0.0335. The normalized spacial score (nSPS) is 12.5. The Morgan fingerprint density at radius 2 is 2.07 bits per heavy atom. The predicted molar refractivity (Wildman–Crippen MR) is 60.6 cm³/mol. The Morgan fingerprint density at radius 1 is 1.36 bits per heavy atom. The molecule has 2 radical (unpaired) electrons. The van der Waals surface area contributed by atoms with E-state index >= 15 is 0 Å². The standard InChI is InChI=1S/C12H23NO/c1-4-6-7-8-10-12(14)13-11(3)9-5-2/h11H,2-10H2,1H3,(H,13,14). The van der Waals surface area contributed by atoms with Crippen molar-refractivity contribution < 1.29 is 4.79 Å². The molecule has 0 fully saturated rings. The fraction of sp³-hybridized carbons (Fsp3) is 0.750. The smallest absolute Gasteiger partial charge is 0.220 e. The molecule has 0 saturated heterocycles. The number of carbonyl (C=O) groups excluding carboxylic acids is 1. The van der Waals surface area contributed by atoms with E-state index in [9.17, 15) is 4.79 Å². The van der Waals surface area contributed by atoms with Crippen molar-refractivity contribution in [2.75, 3.05) is 0 Å². The highest BCUT2D eigenvalue weighted by Gasteiger charge is 2.05. The van der Waals surface area contributed by atoms with E-state index in [0.717, 1.165) is 25.7 Å². The topological polar surface area (TPSA) is 29.1 Å². The molecule has 0 spiro atoms. The first-order valence-electron chi connectivity index (χ1n) is 5.62. The highest BCUT2D eigenvalue weighted by molar-refractivity contribution is 5.76. The summed E-state index contributed by atoms with van der Waals surface area (Å²) in [5.41, 5.74) is 0. The van der Waals surface area contributed by atoms with Crippen LogP contribution < -0.4 is 5.32 Å². The molecule has 2 nitrogen and oxygen atoms in total. The van der Waals surface area contributed by atoms with Crippen molar-refractivity contribution >= 4 is 5.91 Å². The van der Waals surface area contributed by atoms with Gasteiger partial charge in [-0.25, -0.2) is 0 Å². The second-order valence-corrected chi connectivity index (χ2v) is 3.72. The lowest BCUT2D eigenvalue weighted by atomic mass is 10.1. The Labute approximate surface area is 88.5 Å². The third-order valence-corrected chi connectivity index (χ3v) is 2.18. The number of nitrogens with one attached hydrogen (secondary N) is 1. The third-order valence-electron chi connectivity index (χ3n) is 2.18. The maximum absolute atomic E-state index is 11.3. The molecule has 0 bridgehead atoms. The van der Waals surface area contributed by atoms with Crippen molar-refractivity contribution in [3.8, 4) is 0 Å². The fourth-order valence-electron chi connectivity index (χ4n) is 1.33. The van der Waals surface area contributed by atoms with E-state index in [2.05, 4.69) is 26.1 Å². The average molecular weight is 197 g/mol.